The number of rotatable bonds is 3. The first-order chi connectivity index (χ1) is 10.8. The van der Waals surface area contributed by atoms with E-state index < -0.39 is 0 Å². The number of hydrogen-bond acceptors (Lipinski definition) is 2. The molecule has 2 aromatic carbocycles. The Morgan fingerprint density at radius 2 is 1.77 bits per heavy atom. The molecule has 0 N–H and O–H groups in total. The van der Waals surface area contributed by atoms with Gasteiger partial charge >= 0.3 is 0 Å². The molecular weight excluding hydrogens is 272 g/mol. The molecule has 4 aromatic rings. The van der Waals surface area contributed by atoms with E-state index in [1.165, 1.54) is 0 Å². The summed E-state index contributed by atoms with van der Waals surface area (Å²) in [6.45, 7) is 0.652. The summed E-state index contributed by atoms with van der Waals surface area (Å²) in [4.78, 5) is 16.0. The van der Waals surface area contributed by atoms with Gasteiger partial charge in [-0.1, -0.05) is 36.4 Å². The molecule has 0 unspecified atom stereocenters. The Hall–Kier alpha value is -2.94. The molecule has 3 heteroatoms. The summed E-state index contributed by atoms with van der Waals surface area (Å²) in [5.74, 6) is 0. The van der Waals surface area contributed by atoms with E-state index in [1.807, 2.05) is 54.7 Å². The molecule has 106 valence electrons. The molecule has 0 saturated carbocycles. The summed E-state index contributed by atoms with van der Waals surface area (Å²) >= 11 is 0. The molecule has 2 heterocycles. The molecule has 0 radical (unpaired) electrons. The molecule has 3 nitrogen and oxygen atoms in total. The zero-order chi connectivity index (χ0) is 14.9. The molecule has 0 aliphatic carbocycles. The second kappa shape index (κ2) is 5.11. The predicted octanol–water partition coefficient (Wildman–Crippen LogP) is 4.05. The van der Waals surface area contributed by atoms with Crippen molar-refractivity contribution in [2.45, 2.75) is 6.54 Å². The van der Waals surface area contributed by atoms with E-state index in [9.17, 15) is 4.79 Å². The molecule has 0 bridgehead atoms. The van der Waals surface area contributed by atoms with Crippen LogP contribution in [-0.4, -0.2) is 15.8 Å². The van der Waals surface area contributed by atoms with Crippen LogP contribution in [0.2, 0.25) is 0 Å². The smallest absolute Gasteiger partial charge is 0.152 e. The van der Waals surface area contributed by atoms with Crippen LogP contribution >= 0.6 is 0 Å². The summed E-state index contributed by atoms with van der Waals surface area (Å²) in [7, 11) is 0. The van der Waals surface area contributed by atoms with E-state index in [4.69, 9.17) is 4.98 Å². The summed E-state index contributed by atoms with van der Waals surface area (Å²) in [5, 5.41) is 2.21. The zero-order valence-electron chi connectivity index (χ0n) is 11.9. The fourth-order valence-electron chi connectivity index (χ4n) is 2.89. The summed E-state index contributed by atoms with van der Waals surface area (Å²) in [6, 6.07) is 20.0. The van der Waals surface area contributed by atoms with Crippen molar-refractivity contribution in [3.63, 3.8) is 0 Å². The number of pyridine rings is 1. The van der Waals surface area contributed by atoms with Crippen molar-refractivity contribution < 1.29 is 4.79 Å². The highest BCUT2D eigenvalue weighted by molar-refractivity contribution is 5.96. The van der Waals surface area contributed by atoms with Crippen molar-refractivity contribution >= 4 is 28.1 Å². The van der Waals surface area contributed by atoms with Crippen LogP contribution in [0.4, 0.5) is 0 Å². The minimum absolute atomic E-state index is 0.652. The van der Waals surface area contributed by atoms with E-state index >= 15 is 0 Å². The van der Waals surface area contributed by atoms with Gasteiger partial charge in [-0.3, -0.25) is 9.78 Å². The van der Waals surface area contributed by atoms with Gasteiger partial charge in [-0.15, -0.1) is 0 Å². The van der Waals surface area contributed by atoms with Crippen LogP contribution in [0.5, 0.6) is 0 Å². The van der Waals surface area contributed by atoms with Crippen molar-refractivity contribution in [3.8, 4) is 0 Å². The highest BCUT2D eigenvalue weighted by atomic mass is 16.1. The Morgan fingerprint density at radius 1 is 0.909 bits per heavy atom. The molecule has 4 rings (SSSR count). The van der Waals surface area contributed by atoms with Gasteiger partial charge in [0.25, 0.3) is 0 Å². The van der Waals surface area contributed by atoms with Crippen LogP contribution in [0.15, 0.2) is 66.9 Å². The maximum absolute atomic E-state index is 11.3. The SMILES string of the molecule is O=Cc1cccc2ccn(Cc3ccc4ccccc4n3)c12. The first-order valence-corrected chi connectivity index (χ1v) is 7.23. The topological polar surface area (TPSA) is 34.9 Å². The van der Waals surface area contributed by atoms with Gasteiger partial charge in [0.05, 0.1) is 23.3 Å². The average molecular weight is 286 g/mol. The molecule has 0 saturated heterocycles. The Morgan fingerprint density at radius 3 is 2.68 bits per heavy atom. The maximum atomic E-state index is 11.3. The van der Waals surface area contributed by atoms with E-state index in [-0.39, 0.29) is 0 Å². The summed E-state index contributed by atoms with van der Waals surface area (Å²) in [6.07, 6.45) is 2.92. The first kappa shape index (κ1) is 12.8. The van der Waals surface area contributed by atoms with Crippen molar-refractivity contribution in [2.24, 2.45) is 0 Å². The first-order valence-electron chi connectivity index (χ1n) is 7.23. The Balaban J connectivity index is 1.80. The Labute approximate surface area is 127 Å². The van der Waals surface area contributed by atoms with Gasteiger partial charge in [-0.25, -0.2) is 0 Å². The number of fused-ring (bicyclic) bond motifs is 2. The molecular formula is C19H14N2O. The number of nitrogens with zero attached hydrogens (tertiary/aromatic N) is 2. The molecule has 0 aliphatic rings. The van der Waals surface area contributed by atoms with Gasteiger partial charge in [0.15, 0.2) is 6.29 Å². The molecule has 0 amide bonds. The number of aromatic nitrogens is 2. The third-order valence-electron chi connectivity index (χ3n) is 3.94. The number of para-hydroxylation sites is 2. The fourth-order valence-corrected chi connectivity index (χ4v) is 2.89. The summed E-state index contributed by atoms with van der Waals surface area (Å²) in [5.41, 5.74) is 3.65. The van der Waals surface area contributed by atoms with Crippen molar-refractivity contribution in [2.75, 3.05) is 0 Å². The van der Waals surface area contributed by atoms with Gasteiger partial charge in [-0.2, -0.15) is 0 Å². The van der Waals surface area contributed by atoms with Crippen molar-refractivity contribution in [3.05, 3.63) is 78.1 Å². The van der Waals surface area contributed by atoms with E-state index in [0.717, 1.165) is 33.8 Å². The van der Waals surface area contributed by atoms with E-state index in [1.54, 1.807) is 0 Å². The predicted molar refractivity (Wildman–Crippen MR) is 88.2 cm³/mol. The molecule has 0 spiro atoms. The van der Waals surface area contributed by atoms with Crippen LogP contribution in [0.3, 0.4) is 0 Å². The highest BCUT2D eigenvalue weighted by Crippen LogP contribution is 2.21. The largest absolute Gasteiger partial charge is 0.341 e. The molecule has 0 fully saturated rings. The molecule has 0 aliphatic heterocycles. The number of carbonyl (C=O) groups excluding carboxylic acids is 1. The standard InChI is InChI=1S/C19H14N2O/c22-13-16-6-3-5-15-10-11-21(19(15)16)12-17-9-8-14-4-1-2-7-18(14)20-17/h1-11,13H,12H2. The summed E-state index contributed by atoms with van der Waals surface area (Å²) < 4.78 is 2.08. The average Bonchev–Trinajstić information content (AvgIpc) is 2.98. The lowest BCUT2D eigenvalue weighted by molar-refractivity contribution is 0.112. The lowest BCUT2D eigenvalue weighted by Gasteiger charge is -2.08. The number of hydrogen-bond donors (Lipinski definition) is 0. The Kier molecular flexibility index (Phi) is 2.97. The van der Waals surface area contributed by atoms with Gasteiger partial charge < -0.3 is 4.57 Å². The number of benzene rings is 2. The quantitative estimate of drug-likeness (QED) is 0.532. The minimum atomic E-state index is 0.652. The second-order valence-electron chi connectivity index (χ2n) is 5.34. The monoisotopic (exact) mass is 286 g/mol. The van der Waals surface area contributed by atoms with Crippen LogP contribution in [-0.2, 0) is 6.54 Å². The zero-order valence-corrected chi connectivity index (χ0v) is 11.9. The third-order valence-corrected chi connectivity index (χ3v) is 3.94. The van der Waals surface area contributed by atoms with Gasteiger partial charge in [0.1, 0.15) is 0 Å². The lowest BCUT2D eigenvalue weighted by atomic mass is 10.1. The van der Waals surface area contributed by atoms with E-state index in [2.05, 4.69) is 16.7 Å². The van der Waals surface area contributed by atoms with Crippen LogP contribution in [0, 0.1) is 0 Å². The van der Waals surface area contributed by atoms with Crippen LogP contribution in [0.25, 0.3) is 21.8 Å². The van der Waals surface area contributed by atoms with E-state index in [0.29, 0.717) is 12.1 Å². The minimum Gasteiger partial charge on any atom is -0.341 e. The van der Waals surface area contributed by atoms with Crippen molar-refractivity contribution in [1.82, 2.24) is 9.55 Å². The van der Waals surface area contributed by atoms with Crippen molar-refractivity contribution in [1.29, 1.82) is 0 Å². The normalized spacial score (nSPS) is 11.1. The van der Waals surface area contributed by atoms with Gasteiger partial charge in [-0.05, 0) is 24.3 Å². The third kappa shape index (κ3) is 2.07. The molecule has 2 aromatic heterocycles. The second-order valence-corrected chi connectivity index (χ2v) is 5.34. The maximum Gasteiger partial charge on any atom is 0.152 e. The Bertz CT molecular complexity index is 985. The highest BCUT2D eigenvalue weighted by Gasteiger charge is 2.07. The van der Waals surface area contributed by atoms with Gasteiger partial charge in [0, 0.05) is 22.5 Å². The van der Waals surface area contributed by atoms with Crippen LogP contribution in [0.1, 0.15) is 16.1 Å². The van der Waals surface area contributed by atoms with Crippen LogP contribution < -0.4 is 0 Å². The lowest BCUT2D eigenvalue weighted by Crippen LogP contribution is -2.02. The molecule has 22 heavy (non-hydrogen) atoms. The van der Waals surface area contributed by atoms with Gasteiger partial charge in [0.2, 0.25) is 0 Å². The molecule has 0 atom stereocenters. The number of carbonyl (C=O) groups is 1. The number of aldehydes is 1. The fraction of sp³-hybridized carbons (Fsp3) is 0.0526.